The van der Waals surface area contributed by atoms with Gasteiger partial charge in [0.2, 0.25) is 11.8 Å². The normalized spacial score (nSPS) is 21.7. The van der Waals surface area contributed by atoms with Crippen LogP contribution in [0.25, 0.3) is 0 Å². The van der Waals surface area contributed by atoms with E-state index in [1.165, 1.54) is 4.90 Å². The van der Waals surface area contributed by atoms with Crippen LogP contribution in [-0.2, 0) is 9.59 Å². The van der Waals surface area contributed by atoms with Gasteiger partial charge in [0.15, 0.2) is 0 Å². The van der Waals surface area contributed by atoms with E-state index >= 15 is 0 Å². The van der Waals surface area contributed by atoms with E-state index in [0.29, 0.717) is 12.2 Å². The molecule has 2 fully saturated rings. The van der Waals surface area contributed by atoms with Gasteiger partial charge in [-0.3, -0.25) is 9.59 Å². The fourth-order valence-corrected chi connectivity index (χ4v) is 3.34. The standard InChI is InChI=1S/C14H15BrN2O2/c1-9-10(15)4-5-11(16-9)17-12(18)8-14(13(17)19)6-2-3-7-14/h4-5H,2-3,6-8H2,1H3. The summed E-state index contributed by atoms with van der Waals surface area (Å²) in [5.74, 6) is 0.296. The monoisotopic (exact) mass is 322 g/mol. The molecule has 1 aliphatic carbocycles. The highest BCUT2D eigenvalue weighted by atomic mass is 79.9. The minimum absolute atomic E-state index is 0.0516. The van der Waals surface area contributed by atoms with Crippen molar-refractivity contribution in [3.05, 3.63) is 22.3 Å². The van der Waals surface area contributed by atoms with Gasteiger partial charge in [0.25, 0.3) is 0 Å². The number of aromatic nitrogens is 1. The molecule has 1 spiro atoms. The molecule has 1 aliphatic heterocycles. The smallest absolute Gasteiger partial charge is 0.241 e. The zero-order chi connectivity index (χ0) is 13.6. The van der Waals surface area contributed by atoms with Crippen molar-refractivity contribution in [3.8, 4) is 0 Å². The Hall–Kier alpha value is -1.23. The molecule has 2 aliphatic rings. The Labute approximate surface area is 120 Å². The van der Waals surface area contributed by atoms with E-state index in [4.69, 9.17) is 0 Å². The molecule has 3 rings (SSSR count). The third kappa shape index (κ3) is 1.91. The van der Waals surface area contributed by atoms with E-state index in [9.17, 15) is 9.59 Å². The third-order valence-electron chi connectivity index (χ3n) is 4.19. The van der Waals surface area contributed by atoms with Gasteiger partial charge in [-0.1, -0.05) is 12.8 Å². The summed E-state index contributed by atoms with van der Waals surface area (Å²) < 4.78 is 0.880. The average molecular weight is 323 g/mol. The first kappa shape index (κ1) is 12.8. The molecule has 5 heteroatoms. The summed E-state index contributed by atoms with van der Waals surface area (Å²) in [6.07, 6.45) is 4.11. The average Bonchev–Trinajstić information content (AvgIpc) is 2.91. The summed E-state index contributed by atoms with van der Waals surface area (Å²) in [6, 6.07) is 3.55. The van der Waals surface area contributed by atoms with Crippen molar-refractivity contribution in [2.24, 2.45) is 5.41 Å². The van der Waals surface area contributed by atoms with Crippen molar-refractivity contribution in [1.29, 1.82) is 0 Å². The Morgan fingerprint density at radius 2 is 1.95 bits per heavy atom. The summed E-state index contributed by atoms with van der Waals surface area (Å²) in [5, 5.41) is 0. The predicted molar refractivity (Wildman–Crippen MR) is 74.7 cm³/mol. The number of halogens is 1. The van der Waals surface area contributed by atoms with Crippen LogP contribution in [0, 0.1) is 12.3 Å². The second-order valence-corrected chi connectivity index (χ2v) is 6.29. The van der Waals surface area contributed by atoms with E-state index < -0.39 is 5.41 Å². The Bertz CT molecular complexity index is 565. The molecule has 1 saturated carbocycles. The highest BCUT2D eigenvalue weighted by Crippen LogP contribution is 2.47. The molecule has 1 saturated heterocycles. The highest BCUT2D eigenvalue weighted by Gasteiger charge is 2.53. The maximum Gasteiger partial charge on any atom is 0.241 e. The molecule has 0 radical (unpaired) electrons. The quantitative estimate of drug-likeness (QED) is 0.747. The van der Waals surface area contributed by atoms with E-state index in [0.717, 1.165) is 35.8 Å². The van der Waals surface area contributed by atoms with Crippen LogP contribution in [-0.4, -0.2) is 16.8 Å². The number of pyridine rings is 1. The zero-order valence-electron chi connectivity index (χ0n) is 10.8. The maximum atomic E-state index is 12.6. The van der Waals surface area contributed by atoms with Gasteiger partial charge in [0.1, 0.15) is 5.82 Å². The second kappa shape index (κ2) is 4.40. The lowest BCUT2D eigenvalue weighted by atomic mass is 9.84. The Morgan fingerprint density at radius 3 is 2.58 bits per heavy atom. The molecule has 1 aromatic heterocycles. The third-order valence-corrected chi connectivity index (χ3v) is 5.03. The number of hydrogen-bond donors (Lipinski definition) is 0. The number of anilines is 1. The fourth-order valence-electron chi connectivity index (χ4n) is 3.12. The lowest BCUT2D eigenvalue weighted by molar-refractivity contribution is -0.125. The first-order valence-electron chi connectivity index (χ1n) is 6.54. The topological polar surface area (TPSA) is 50.3 Å². The van der Waals surface area contributed by atoms with Crippen LogP contribution in [0.4, 0.5) is 5.82 Å². The van der Waals surface area contributed by atoms with E-state index in [1.54, 1.807) is 6.07 Å². The minimum Gasteiger partial charge on any atom is -0.274 e. The first-order chi connectivity index (χ1) is 9.03. The van der Waals surface area contributed by atoms with Crippen LogP contribution in [0.5, 0.6) is 0 Å². The number of amides is 2. The molecule has 0 atom stereocenters. The minimum atomic E-state index is -0.431. The molecule has 1 aromatic rings. The van der Waals surface area contributed by atoms with Gasteiger partial charge in [0, 0.05) is 10.9 Å². The van der Waals surface area contributed by atoms with Crippen LogP contribution >= 0.6 is 15.9 Å². The molecule has 19 heavy (non-hydrogen) atoms. The first-order valence-corrected chi connectivity index (χ1v) is 7.33. The fraction of sp³-hybridized carbons (Fsp3) is 0.500. The molecule has 0 unspecified atom stereocenters. The summed E-state index contributed by atoms with van der Waals surface area (Å²) >= 11 is 3.38. The van der Waals surface area contributed by atoms with Crippen molar-refractivity contribution in [2.75, 3.05) is 4.90 Å². The van der Waals surface area contributed by atoms with Crippen molar-refractivity contribution in [1.82, 2.24) is 4.98 Å². The number of carbonyl (C=O) groups excluding carboxylic acids is 2. The number of rotatable bonds is 1. The van der Waals surface area contributed by atoms with Gasteiger partial charge < -0.3 is 0 Å². The Balaban J connectivity index is 1.98. The number of aryl methyl sites for hydroxylation is 1. The van der Waals surface area contributed by atoms with Crippen LogP contribution in [0.2, 0.25) is 0 Å². The van der Waals surface area contributed by atoms with Gasteiger partial charge in [0.05, 0.1) is 11.1 Å². The lowest BCUT2D eigenvalue weighted by Crippen LogP contribution is -2.35. The Kier molecular flexibility index (Phi) is 2.96. The lowest BCUT2D eigenvalue weighted by Gasteiger charge is -2.20. The molecule has 100 valence electrons. The van der Waals surface area contributed by atoms with Crippen LogP contribution in [0.15, 0.2) is 16.6 Å². The van der Waals surface area contributed by atoms with Crippen molar-refractivity contribution in [3.63, 3.8) is 0 Å². The van der Waals surface area contributed by atoms with E-state index in [2.05, 4.69) is 20.9 Å². The SMILES string of the molecule is Cc1nc(N2C(=O)CC3(CCCC3)C2=O)ccc1Br. The number of nitrogens with zero attached hydrogens (tertiary/aromatic N) is 2. The molecule has 0 bridgehead atoms. The number of hydrogen-bond acceptors (Lipinski definition) is 3. The van der Waals surface area contributed by atoms with Crippen LogP contribution in [0.3, 0.4) is 0 Å². The molecule has 2 heterocycles. The summed E-state index contributed by atoms with van der Waals surface area (Å²) in [5.41, 5.74) is 0.352. The Morgan fingerprint density at radius 1 is 1.26 bits per heavy atom. The van der Waals surface area contributed by atoms with Crippen LogP contribution < -0.4 is 4.90 Å². The maximum absolute atomic E-state index is 12.6. The molecule has 4 nitrogen and oxygen atoms in total. The molecule has 2 amide bonds. The second-order valence-electron chi connectivity index (χ2n) is 5.44. The largest absolute Gasteiger partial charge is 0.274 e. The zero-order valence-corrected chi connectivity index (χ0v) is 12.4. The van der Waals surface area contributed by atoms with Crippen LogP contribution in [0.1, 0.15) is 37.8 Å². The van der Waals surface area contributed by atoms with Gasteiger partial charge in [-0.05, 0) is 47.8 Å². The number of carbonyl (C=O) groups is 2. The van der Waals surface area contributed by atoms with E-state index in [-0.39, 0.29) is 11.8 Å². The molecular weight excluding hydrogens is 308 g/mol. The van der Waals surface area contributed by atoms with Gasteiger partial charge >= 0.3 is 0 Å². The van der Waals surface area contributed by atoms with Gasteiger partial charge in [-0.25, -0.2) is 9.88 Å². The molecular formula is C14H15BrN2O2. The summed E-state index contributed by atoms with van der Waals surface area (Å²) in [6.45, 7) is 1.85. The van der Waals surface area contributed by atoms with E-state index in [1.807, 2.05) is 13.0 Å². The van der Waals surface area contributed by atoms with Gasteiger partial charge in [-0.15, -0.1) is 0 Å². The summed E-state index contributed by atoms with van der Waals surface area (Å²) in [7, 11) is 0. The van der Waals surface area contributed by atoms with Crippen molar-refractivity contribution >= 4 is 33.6 Å². The molecule has 0 N–H and O–H groups in total. The summed E-state index contributed by atoms with van der Waals surface area (Å²) in [4.78, 5) is 30.4. The predicted octanol–water partition coefficient (Wildman–Crippen LogP) is 2.98. The molecule has 0 aromatic carbocycles. The van der Waals surface area contributed by atoms with Gasteiger partial charge in [-0.2, -0.15) is 0 Å². The van der Waals surface area contributed by atoms with Crippen molar-refractivity contribution < 1.29 is 9.59 Å². The number of imide groups is 1. The van der Waals surface area contributed by atoms with Crippen molar-refractivity contribution in [2.45, 2.75) is 39.0 Å². The highest BCUT2D eigenvalue weighted by molar-refractivity contribution is 9.10.